The number of hydrogen-bond acceptors (Lipinski definition) is 3. The fraction of sp³-hybridized carbons (Fsp3) is 0.857. The van der Waals surface area contributed by atoms with Crippen LogP contribution in [-0.2, 0) is 9.53 Å². The lowest BCUT2D eigenvalue weighted by Crippen LogP contribution is -2.30. The first-order valence-corrected chi connectivity index (χ1v) is 7.52. The summed E-state index contributed by atoms with van der Waals surface area (Å²) in [5.74, 6) is -0.171. The average molecular weight is 175 g/mol. The van der Waals surface area contributed by atoms with Gasteiger partial charge < -0.3 is 10.5 Å². The molecule has 0 atom stereocenters. The van der Waals surface area contributed by atoms with E-state index in [9.17, 15) is 4.79 Å². The molecule has 0 spiro atoms. The van der Waals surface area contributed by atoms with Crippen molar-refractivity contribution in [2.24, 2.45) is 5.73 Å². The Hall–Kier alpha value is -0.353. The SMILES string of the molecule is C[Si](C)(C)COC(=O)CCN. The maximum absolute atomic E-state index is 10.8. The molecule has 3 nitrogen and oxygen atoms in total. The monoisotopic (exact) mass is 175 g/mol. The molecular formula is C7H17NO2Si. The fourth-order valence-corrected chi connectivity index (χ4v) is 1.08. The van der Waals surface area contributed by atoms with Gasteiger partial charge in [0.2, 0.25) is 0 Å². The molecule has 0 bridgehead atoms. The van der Waals surface area contributed by atoms with E-state index in [0.29, 0.717) is 19.2 Å². The maximum Gasteiger partial charge on any atom is 0.306 e. The predicted octanol–water partition coefficient (Wildman–Crippen LogP) is 0.756. The van der Waals surface area contributed by atoms with Crippen molar-refractivity contribution in [1.29, 1.82) is 0 Å². The third-order valence-corrected chi connectivity index (χ3v) is 2.02. The third kappa shape index (κ3) is 7.54. The highest BCUT2D eigenvalue weighted by molar-refractivity contribution is 6.76. The summed E-state index contributed by atoms with van der Waals surface area (Å²) in [6, 6.07) is 0. The van der Waals surface area contributed by atoms with Crippen LogP contribution in [-0.4, -0.2) is 26.8 Å². The van der Waals surface area contributed by atoms with Gasteiger partial charge in [0, 0.05) is 6.54 Å². The van der Waals surface area contributed by atoms with Crippen molar-refractivity contribution in [2.75, 3.05) is 12.8 Å². The molecule has 0 aromatic heterocycles. The summed E-state index contributed by atoms with van der Waals surface area (Å²) in [6.45, 7) is 6.85. The maximum atomic E-state index is 10.8. The Kier molecular flexibility index (Phi) is 4.36. The van der Waals surface area contributed by atoms with Gasteiger partial charge in [-0.2, -0.15) is 0 Å². The minimum atomic E-state index is -1.23. The fourth-order valence-electron chi connectivity index (χ4n) is 0.487. The zero-order chi connectivity index (χ0) is 8.91. The van der Waals surface area contributed by atoms with Crippen LogP contribution in [0.4, 0.5) is 0 Å². The molecule has 0 saturated carbocycles. The van der Waals surface area contributed by atoms with Crippen LogP contribution in [0.5, 0.6) is 0 Å². The van der Waals surface area contributed by atoms with Crippen molar-refractivity contribution >= 4 is 14.0 Å². The van der Waals surface area contributed by atoms with E-state index in [-0.39, 0.29) is 5.97 Å². The van der Waals surface area contributed by atoms with Gasteiger partial charge in [-0.1, -0.05) is 19.6 Å². The Morgan fingerprint density at radius 1 is 1.45 bits per heavy atom. The Morgan fingerprint density at radius 2 is 2.00 bits per heavy atom. The van der Waals surface area contributed by atoms with Gasteiger partial charge in [0.15, 0.2) is 0 Å². The molecule has 2 N–H and O–H groups in total. The zero-order valence-corrected chi connectivity index (χ0v) is 8.52. The highest BCUT2D eigenvalue weighted by Gasteiger charge is 2.15. The minimum absolute atomic E-state index is 0.171. The van der Waals surface area contributed by atoms with E-state index in [2.05, 4.69) is 19.6 Å². The summed E-state index contributed by atoms with van der Waals surface area (Å²) in [4.78, 5) is 10.8. The lowest BCUT2D eigenvalue weighted by atomic mass is 10.4. The van der Waals surface area contributed by atoms with Crippen molar-refractivity contribution in [3.8, 4) is 0 Å². The summed E-state index contributed by atoms with van der Waals surface area (Å²) in [5.41, 5.74) is 5.18. The molecular weight excluding hydrogens is 158 g/mol. The third-order valence-electron chi connectivity index (χ3n) is 1.01. The van der Waals surface area contributed by atoms with Gasteiger partial charge in [0.25, 0.3) is 0 Å². The lowest BCUT2D eigenvalue weighted by molar-refractivity contribution is -0.141. The second-order valence-electron chi connectivity index (χ2n) is 3.76. The first-order chi connectivity index (χ1) is 4.95. The van der Waals surface area contributed by atoms with E-state index >= 15 is 0 Å². The summed E-state index contributed by atoms with van der Waals surface area (Å²) in [7, 11) is -1.23. The number of hydrogen-bond donors (Lipinski definition) is 1. The van der Waals surface area contributed by atoms with E-state index in [0.717, 1.165) is 0 Å². The molecule has 0 aromatic carbocycles. The van der Waals surface area contributed by atoms with E-state index in [4.69, 9.17) is 10.5 Å². The van der Waals surface area contributed by atoms with Gasteiger partial charge in [-0.05, 0) is 0 Å². The van der Waals surface area contributed by atoms with Crippen LogP contribution in [0.1, 0.15) is 6.42 Å². The van der Waals surface area contributed by atoms with Gasteiger partial charge in [-0.15, -0.1) is 0 Å². The number of rotatable bonds is 4. The highest BCUT2D eigenvalue weighted by Crippen LogP contribution is 2.00. The number of nitrogens with two attached hydrogens (primary N) is 1. The van der Waals surface area contributed by atoms with Crippen molar-refractivity contribution in [1.82, 2.24) is 0 Å². The zero-order valence-electron chi connectivity index (χ0n) is 7.52. The largest absolute Gasteiger partial charge is 0.469 e. The number of carbonyl (C=O) groups is 1. The van der Waals surface area contributed by atoms with E-state index in [1.165, 1.54) is 0 Å². The Balaban J connectivity index is 3.46. The van der Waals surface area contributed by atoms with E-state index < -0.39 is 8.07 Å². The second kappa shape index (κ2) is 4.51. The first kappa shape index (κ1) is 10.6. The first-order valence-electron chi connectivity index (χ1n) is 3.81. The average Bonchev–Trinajstić information content (AvgIpc) is 1.83. The van der Waals surface area contributed by atoms with Gasteiger partial charge in [0.05, 0.1) is 20.7 Å². The summed E-state index contributed by atoms with van der Waals surface area (Å²) < 4.78 is 4.99. The molecule has 0 radical (unpaired) electrons. The topological polar surface area (TPSA) is 52.3 Å². The Labute approximate surface area is 68.9 Å². The van der Waals surface area contributed by atoms with Crippen LogP contribution in [0.3, 0.4) is 0 Å². The van der Waals surface area contributed by atoms with Gasteiger partial charge in [0.1, 0.15) is 0 Å². The van der Waals surface area contributed by atoms with Crippen molar-refractivity contribution < 1.29 is 9.53 Å². The lowest BCUT2D eigenvalue weighted by Gasteiger charge is -2.15. The van der Waals surface area contributed by atoms with Crippen molar-refractivity contribution in [3.05, 3.63) is 0 Å². The highest BCUT2D eigenvalue weighted by atomic mass is 28.3. The van der Waals surface area contributed by atoms with Crippen molar-refractivity contribution in [3.63, 3.8) is 0 Å². The summed E-state index contributed by atoms with van der Waals surface area (Å²) in [6.07, 6.45) is 0.941. The minimum Gasteiger partial charge on any atom is -0.469 e. The van der Waals surface area contributed by atoms with Crippen LogP contribution in [0.15, 0.2) is 0 Å². The van der Waals surface area contributed by atoms with Crippen molar-refractivity contribution in [2.45, 2.75) is 26.1 Å². The van der Waals surface area contributed by atoms with Crippen LogP contribution >= 0.6 is 0 Å². The van der Waals surface area contributed by atoms with Crippen LogP contribution in [0, 0.1) is 0 Å². The molecule has 0 aromatic rings. The molecule has 0 aliphatic carbocycles. The predicted molar refractivity (Wildman–Crippen MR) is 48.0 cm³/mol. The van der Waals surface area contributed by atoms with Crippen LogP contribution in [0.2, 0.25) is 19.6 Å². The molecule has 11 heavy (non-hydrogen) atoms. The number of carbonyl (C=O) groups excluding carboxylic acids is 1. The molecule has 0 fully saturated rings. The second-order valence-corrected chi connectivity index (χ2v) is 9.17. The molecule has 0 aliphatic rings. The van der Waals surface area contributed by atoms with E-state index in [1.54, 1.807) is 0 Å². The normalized spacial score (nSPS) is 11.3. The quantitative estimate of drug-likeness (QED) is 0.507. The molecule has 0 rings (SSSR count). The molecule has 0 aliphatic heterocycles. The Bertz CT molecular complexity index is 131. The molecule has 0 heterocycles. The molecule has 66 valence electrons. The smallest absolute Gasteiger partial charge is 0.306 e. The van der Waals surface area contributed by atoms with E-state index in [1.807, 2.05) is 0 Å². The number of esters is 1. The van der Waals surface area contributed by atoms with Crippen LogP contribution < -0.4 is 5.73 Å². The molecule has 0 amide bonds. The van der Waals surface area contributed by atoms with Gasteiger partial charge in [-0.3, -0.25) is 4.79 Å². The van der Waals surface area contributed by atoms with Gasteiger partial charge in [-0.25, -0.2) is 0 Å². The van der Waals surface area contributed by atoms with Crippen LogP contribution in [0.25, 0.3) is 0 Å². The molecule has 4 heteroatoms. The molecule has 0 unspecified atom stereocenters. The molecule has 0 saturated heterocycles. The number of ether oxygens (including phenoxy) is 1. The standard InChI is InChI=1S/C7H17NO2Si/c1-11(2,3)6-10-7(9)4-5-8/h4-6,8H2,1-3H3. The summed E-state index contributed by atoms with van der Waals surface area (Å²) >= 11 is 0. The summed E-state index contributed by atoms with van der Waals surface area (Å²) in [5, 5.41) is 0. The Morgan fingerprint density at radius 3 is 2.36 bits per heavy atom. The van der Waals surface area contributed by atoms with Gasteiger partial charge >= 0.3 is 5.97 Å².